The maximum absolute atomic E-state index is 11.6. The summed E-state index contributed by atoms with van der Waals surface area (Å²) in [6.45, 7) is 6.64. The van der Waals surface area contributed by atoms with Gasteiger partial charge in [-0.3, -0.25) is 4.79 Å². The van der Waals surface area contributed by atoms with Crippen molar-refractivity contribution < 1.29 is 14.7 Å². The van der Waals surface area contributed by atoms with Crippen molar-refractivity contribution in [3.63, 3.8) is 0 Å². The monoisotopic (exact) mass is 228 g/mol. The van der Waals surface area contributed by atoms with Crippen LogP contribution < -0.4 is 10.6 Å². The summed E-state index contributed by atoms with van der Waals surface area (Å²) in [7, 11) is 0. The Kier molecular flexibility index (Phi) is 3.17. The second-order valence-corrected chi connectivity index (χ2v) is 5.43. The molecule has 0 aromatic heterocycles. The average Bonchev–Trinajstić information content (AvgIpc) is 2.85. The zero-order valence-electron chi connectivity index (χ0n) is 10.3. The van der Waals surface area contributed by atoms with Gasteiger partial charge in [-0.05, 0) is 40.5 Å². The van der Waals surface area contributed by atoms with Crippen molar-refractivity contribution in [1.82, 2.24) is 10.6 Å². The van der Waals surface area contributed by atoms with Crippen LogP contribution in [-0.2, 0) is 4.79 Å². The van der Waals surface area contributed by atoms with E-state index in [9.17, 15) is 9.59 Å². The van der Waals surface area contributed by atoms with Crippen molar-refractivity contribution in [2.24, 2.45) is 5.41 Å². The lowest BCUT2D eigenvalue weighted by molar-refractivity contribution is -0.150. The molecule has 0 aliphatic heterocycles. The molecular weight excluding hydrogens is 208 g/mol. The first kappa shape index (κ1) is 12.8. The molecule has 0 unspecified atom stereocenters. The smallest absolute Gasteiger partial charge is 0.315 e. The highest BCUT2D eigenvalue weighted by Crippen LogP contribution is 2.30. The minimum absolute atomic E-state index is 0.267. The van der Waals surface area contributed by atoms with Crippen LogP contribution in [0.4, 0.5) is 4.79 Å². The number of carbonyl (C=O) groups is 2. The molecule has 0 aromatic rings. The molecule has 5 heteroatoms. The molecular formula is C11H20N2O3. The molecule has 92 valence electrons. The van der Waals surface area contributed by atoms with E-state index in [2.05, 4.69) is 10.6 Å². The molecule has 0 spiro atoms. The third-order valence-electron chi connectivity index (χ3n) is 3.44. The van der Waals surface area contributed by atoms with E-state index >= 15 is 0 Å². The summed E-state index contributed by atoms with van der Waals surface area (Å²) in [5.41, 5.74) is -1.83. The summed E-state index contributed by atoms with van der Waals surface area (Å²) < 4.78 is 0. The van der Waals surface area contributed by atoms with Gasteiger partial charge in [0.1, 0.15) is 0 Å². The quantitative estimate of drug-likeness (QED) is 0.679. The largest absolute Gasteiger partial charge is 0.481 e. The van der Waals surface area contributed by atoms with E-state index in [-0.39, 0.29) is 12.1 Å². The molecule has 0 aromatic carbocycles. The number of nitrogens with one attached hydrogen (secondary N) is 2. The Hall–Kier alpha value is -1.26. The van der Waals surface area contributed by atoms with E-state index in [1.54, 1.807) is 27.7 Å². The van der Waals surface area contributed by atoms with Crippen LogP contribution in [0, 0.1) is 5.41 Å². The molecule has 16 heavy (non-hydrogen) atoms. The van der Waals surface area contributed by atoms with Crippen LogP contribution in [-0.4, -0.2) is 28.7 Å². The highest BCUT2D eigenvalue weighted by atomic mass is 16.4. The van der Waals surface area contributed by atoms with Crippen LogP contribution in [0.15, 0.2) is 0 Å². The Morgan fingerprint density at radius 3 is 2.06 bits per heavy atom. The molecule has 1 saturated carbocycles. The lowest BCUT2D eigenvalue weighted by Gasteiger charge is -2.38. The summed E-state index contributed by atoms with van der Waals surface area (Å²) in [6.07, 6.45) is 2.02. The van der Waals surface area contributed by atoms with E-state index in [0.29, 0.717) is 0 Å². The standard InChI is InChI=1S/C11H20N2O3/c1-10(2,8(14)15)11(3,4)13-9(16)12-7-5-6-7/h7H,5-6H2,1-4H3,(H,14,15)(H2,12,13,16). The summed E-state index contributed by atoms with van der Waals surface area (Å²) >= 11 is 0. The number of amides is 2. The molecule has 3 N–H and O–H groups in total. The number of rotatable bonds is 4. The second-order valence-electron chi connectivity index (χ2n) is 5.43. The number of carboxylic acid groups (broad SMARTS) is 1. The van der Waals surface area contributed by atoms with Gasteiger partial charge in [-0.2, -0.15) is 0 Å². The maximum atomic E-state index is 11.6. The van der Waals surface area contributed by atoms with Gasteiger partial charge in [-0.15, -0.1) is 0 Å². The van der Waals surface area contributed by atoms with Crippen molar-refractivity contribution in [2.45, 2.75) is 52.1 Å². The Labute approximate surface area is 95.6 Å². The van der Waals surface area contributed by atoms with Gasteiger partial charge in [0.25, 0.3) is 0 Å². The summed E-state index contributed by atoms with van der Waals surface area (Å²) in [5.74, 6) is -0.927. The SMILES string of the molecule is CC(C)(NC(=O)NC1CC1)C(C)(C)C(=O)O. The Morgan fingerprint density at radius 2 is 1.69 bits per heavy atom. The molecule has 1 aliphatic carbocycles. The molecule has 2 amide bonds. The van der Waals surface area contributed by atoms with Crippen LogP contribution in [0.3, 0.4) is 0 Å². The number of urea groups is 1. The van der Waals surface area contributed by atoms with Crippen molar-refractivity contribution in [3.8, 4) is 0 Å². The normalized spacial score (nSPS) is 16.8. The molecule has 0 saturated heterocycles. The first-order chi connectivity index (χ1) is 7.17. The van der Waals surface area contributed by atoms with Crippen molar-refractivity contribution >= 4 is 12.0 Å². The van der Waals surface area contributed by atoms with Crippen molar-refractivity contribution in [3.05, 3.63) is 0 Å². The molecule has 1 aliphatic rings. The summed E-state index contributed by atoms with van der Waals surface area (Å²) in [6, 6.07) is -0.0226. The zero-order chi connectivity index (χ0) is 12.6. The lowest BCUT2D eigenvalue weighted by Crippen LogP contribution is -2.59. The first-order valence-electron chi connectivity index (χ1n) is 5.49. The Balaban J connectivity index is 2.61. The Bertz CT molecular complexity index is 306. The molecule has 1 fully saturated rings. The minimum Gasteiger partial charge on any atom is -0.481 e. The predicted molar refractivity (Wildman–Crippen MR) is 60.2 cm³/mol. The van der Waals surface area contributed by atoms with Crippen LogP contribution in [0.25, 0.3) is 0 Å². The van der Waals surface area contributed by atoms with Gasteiger partial charge in [-0.1, -0.05) is 0 Å². The number of hydrogen-bond donors (Lipinski definition) is 3. The van der Waals surface area contributed by atoms with Crippen molar-refractivity contribution in [2.75, 3.05) is 0 Å². The summed E-state index contributed by atoms with van der Waals surface area (Å²) in [5, 5.41) is 14.6. The molecule has 0 atom stereocenters. The third-order valence-corrected chi connectivity index (χ3v) is 3.44. The van der Waals surface area contributed by atoms with Crippen LogP contribution >= 0.6 is 0 Å². The number of carboxylic acids is 1. The summed E-state index contributed by atoms with van der Waals surface area (Å²) in [4.78, 5) is 22.7. The van der Waals surface area contributed by atoms with Gasteiger partial charge in [0.2, 0.25) is 0 Å². The first-order valence-corrected chi connectivity index (χ1v) is 5.49. The highest BCUT2D eigenvalue weighted by molar-refractivity contribution is 5.79. The van der Waals surface area contributed by atoms with E-state index in [0.717, 1.165) is 12.8 Å². The maximum Gasteiger partial charge on any atom is 0.315 e. The molecule has 1 rings (SSSR count). The number of aliphatic carboxylic acids is 1. The lowest BCUT2D eigenvalue weighted by atomic mass is 9.74. The number of hydrogen-bond acceptors (Lipinski definition) is 2. The van der Waals surface area contributed by atoms with Gasteiger partial charge in [0.05, 0.1) is 11.0 Å². The fourth-order valence-corrected chi connectivity index (χ4v) is 1.16. The van der Waals surface area contributed by atoms with Crippen molar-refractivity contribution in [1.29, 1.82) is 0 Å². The minimum atomic E-state index is -1.02. The van der Waals surface area contributed by atoms with Gasteiger partial charge in [-0.25, -0.2) is 4.79 Å². The van der Waals surface area contributed by atoms with Crippen LogP contribution in [0.5, 0.6) is 0 Å². The van der Waals surface area contributed by atoms with E-state index in [1.165, 1.54) is 0 Å². The van der Waals surface area contributed by atoms with Gasteiger partial charge in [0.15, 0.2) is 0 Å². The predicted octanol–water partition coefficient (Wildman–Crippen LogP) is 1.34. The van der Waals surface area contributed by atoms with E-state index < -0.39 is 16.9 Å². The fraction of sp³-hybridized carbons (Fsp3) is 0.818. The van der Waals surface area contributed by atoms with Crippen LogP contribution in [0.1, 0.15) is 40.5 Å². The number of carbonyl (C=O) groups excluding carboxylic acids is 1. The molecule has 0 heterocycles. The average molecular weight is 228 g/mol. The molecule has 5 nitrogen and oxygen atoms in total. The van der Waals surface area contributed by atoms with E-state index in [4.69, 9.17) is 5.11 Å². The molecule has 0 bridgehead atoms. The van der Waals surface area contributed by atoms with Gasteiger partial charge < -0.3 is 15.7 Å². The van der Waals surface area contributed by atoms with Gasteiger partial charge >= 0.3 is 12.0 Å². The highest BCUT2D eigenvalue weighted by Gasteiger charge is 2.44. The second kappa shape index (κ2) is 3.96. The fourth-order valence-electron chi connectivity index (χ4n) is 1.16. The molecule has 0 radical (unpaired) electrons. The van der Waals surface area contributed by atoms with Gasteiger partial charge in [0, 0.05) is 6.04 Å². The van der Waals surface area contributed by atoms with E-state index in [1.807, 2.05) is 0 Å². The topological polar surface area (TPSA) is 78.4 Å². The third kappa shape index (κ3) is 2.65. The zero-order valence-corrected chi connectivity index (χ0v) is 10.3. The van der Waals surface area contributed by atoms with Crippen LogP contribution in [0.2, 0.25) is 0 Å². The Morgan fingerprint density at radius 1 is 1.19 bits per heavy atom.